The highest BCUT2D eigenvalue weighted by Gasteiger charge is 2.25. The zero-order valence-electron chi connectivity index (χ0n) is 17.3. The number of benzene rings is 2. The Bertz CT molecular complexity index is 1060. The zero-order chi connectivity index (χ0) is 21.8. The highest BCUT2D eigenvalue weighted by molar-refractivity contribution is 7.93. The predicted octanol–water partition coefficient (Wildman–Crippen LogP) is 3.62. The van der Waals surface area contributed by atoms with Gasteiger partial charge in [-0.05, 0) is 62.6 Å². The number of sulfonamides is 2. The monoisotopic (exact) mass is 451 g/mol. The Morgan fingerprint density at radius 3 is 2.20 bits per heavy atom. The minimum absolute atomic E-state index is 0.299. The van der Waals surface area contributed by atoms with Crippen molar-refractivity contribution >= 4 is 31.4 Å². The first kappa shape index (κ1) is 22.6. The van der Waals surface area contributed by atoms with Gasteiger partial charge in [-0.1, -0.05) is 24.6 Å². The van der Waals surface area contributed by atoms with Gasteiger partial charge >= 0.3 is 0 Å². The molecule has 0 spiro atoms. The van der Waals surface area contributed by atoms with Gasteiger partial charge in [0.15, 0.2) is 0 Å². The molecule has 7 nitrogen and oxygen atoms in total. The average Bonchev–Trinajstić information content (AvgIpc) is 2.74. The Hall–Kier alpha value is -2.10. The minimum atomic E-state index is -3.47. The van der Waals surface area contributed by atoms with E-state index in [-0.39, 0.29) is 0 Å². The Morgan fingerprint density at radius 1 is 0.900 bits per heavy atom. The Balaban J connectivity index is 1.64. The maximum Gasteiger partial charge on any atom is 0.243 e. The molecule has 1 aliphatic rings. The molecule has 30 heavy (non-hydrogen) atoms. The SMILES string of the molecule is CC(C)S(=O)(=O)Nc1ccc(CNc2cccc(S(=O)(=O)N3CCCCC3)c2)cc1. The van der Waals surface area contributed by atoms with Gasteiger partial charge in [0.2, 0.25) is 20.0 Å². The van der Waals surface area contributed by atoms with Crippen molar-refractivity contribution in [2.45, 2.75) is 49.8 Å². The van der Waals surface area contributed by atoms with Gasteiger partial charge in [0.25, 0.3) is 0 Å². The van der Waals surface area contributed by atoms with Gasteiger partial charge in [0, 0.05) is 31.0 Å². The van der Waals surface area contributed by atoms with Crippen molar-refractivity contribution in [1.82, 2.24) is 4.31 Å². The second-order valence-electron chi connectivity index (χ2n) is 7.74. The molecular formula is C21H29N3O4S2. The molecule has 2 N–H and O–H groups in total. The van der Waals surface area contributed by atoms with E-state index in [1.165, 1.54) is 0 Å². The average molecular weight is 452 g/mol. The van der Waals surface area contributed by atoms with Crippen LogP contribution >= 0.6 is 0 Å². The lowest BCUT2D eigenvalue weighted by Crippen LogP contribution is -2.35. The minimum Gasteiger partial charge on any atom is -0.381 e. The summed E-state index contributed by atoms with van der Waals surface area (Å²) < 4.78 is 53.7. The molecule has 0 radical (unpaired) electrons. The molecular weight excluding hydrogens is 422 g/mol. The van der Waals surface area contributed by atoms with Crippen LogP contribution in [0.1, 0.15) is 38.7 Å². The summed E-state index contributed by atoms with van der Waals surface area (Å²) in [7, 11) is -6.84. The van der Waals surface area contributed by atoms with Crippen LogP contribution < -0.4 is 10.0 Å². The second kappa shape index (κ2) is 9.36. The second-order valence-corrected chi connectivity index (χ2v) is 11.9. The van der Waals surface area contributed by atoms with Crippen molar-refractivity contribution in [2.75, 3.05) is 23.1 Å². The van der Waals surface area contributed by atoms with E-state index in [1.807, 2.05) is 18.2 Å². The molecule has 9 heteroatoms. The summed E-state index contributed by atoms with van der Waals surface area (Å²) in [6.45, 7) is 4.89. The van der Waals surface area contributed by atoms with Gasteiger partial charge in [-0.15, -0.1) is 0 Å². The van der Waals surface area contributed by atoms with Crippen LogP contribution in [-0.4, -0.2) is 39.5 Å². The summed E-state index contributed by atoms with van der Waals surface area (Å²) in [5, 5.41) is 2.73. The molecule has 0 saturated carbocycles. The van der Waals surface area contributed by atoms with E-state index in [0.29, 0.717) is 30.2 Å². The first-order chi connectivity index (χ1) is 14.2. The van der Waals surface area contributed by atoms with Gasteiger partial charge in [-0.3, -0.25) is 4.72 Å². The molecule has 0 aliphatic carbocycles. The standard InChI is InChI=1S/C21H29N3O4S2/c1-17(2)29(25,26)23-19-11-9-18(10-12-19)16-22-20-7-6-8-21(15-20)30(27,28)24-13-4-3-5-14-24/h6-12,15,17,22-23H,3-5,13-14,16H2,1-2H3. The summed E-state index contributed by atoms with van der Waals surface area (Å²) in [6, 6.07) is 14.0. The molecule has 1 saturated heterocycles. The van der Waals surface area contributed by atoms with Crippen LogP contribution in [-0.2, 0) is 26.6 Å². The third kappa shape index (κ3) is 5.53. The molecule has 1 heterocycles. The third-order valence-electron chi connectivity index (χ3n) is 5.12. The fourth-order valence-corrected chi connectivity index (χ4v) is 5.46. The van der Waals surface area contributed by atoms with Crippen LogP contribution in [0.3, 0.4) is 0 Å². The van der Waals surface area contributed by atoms with Crippen LogP contribution in [0.15, 0.2) is 53.4 Å². The lowest BCUT2D eigenvalue weighted by molar-refractivity contribution is 0.346. The molecule has 1 fully saturated rings. The van der Waals surface area contributed by atoms with Crippen LogP contribution in [0, 0.1) is 0 Å². The van der Waals surface area contributed by atoms with Crippen molar-refractivity contribution in [2.24, 2.45) is 0 Å². The Kier molecular flexibility index (Phi) is 7.05. The summed E-state index contributed by atoms with van der Waals surface area (Å²) in [6.07, 6.45) is 2.88. The topological polar surface area (TPSA) is 95.6 Å². The lowest BCUT2D eigenvalue weighted by atomic mass is 10.2. The van der Waals surface area contributed by atoms with Crippen LogP contribution in [0.25, 0.3) is 0 Å². The summed E-state index contributed by atoms with van der Waals surface area (Å²) >= 11 is 0. The molecule has 2 aromatic rings. The molecule has 0 unspecified atom stereocenters. The zero-order valence-corrected chi connectivity index (χ0v) is 19.0. The molecule has 2 aromatic carbocycles. The van der Waals surface area contributed by atoms with Gasteiger partial charge in [0.05, 0.1) is 10.1 Å². The molecule has 1 aliphatic heterocycles. The van der Waals surface area contributed by atoms with E-state index < -0.39 is 25.3 Å². The fourth-order valence-electron chi connectivity index (χ4n) is 3.20. The predicted molar refractivity (Wildman–Crippen MR) is 120 cm³/mol. The number of rotatable bonds is 8. The van der Waals surface area contributed by atoms with E-state index in [4.69, 9.17) is 0 Å². The first-order valence-electron chi connectivity index (χ1n) is 10.1. The van der Waals surface area contributed by atoms with E-state index in [1.54, 1.807) is 48.5 Å². The fraction of sp³-hybridized carbons (Fsp3) is 0.429. The number of nitrogens with one attached hydrogen (secondary N) is 2. The van der Waals surface area contributed by atoms with Crippen molar-refractivity contribution in [3.05, 3.63) is 54.1 Å². The van der Waals surface area contributed by atoms with Crippen LogP contribution in [0.2, 0.25) is 0 Å². The van der Waals surface area contributed by atoms with E-state index in [2.05, 4.69) is 10.0 Å². The van der Waals surface area contributed by atoms with Crippen molar-refractivity contribution < 1.29 is 16.8 Å². The largest absolute Gasteiger partial charge is 0.381 e. The van der Waals surface area contributed by atoms with E-state index >= 15 is 0 Å². The highest BCUT2D eigenvalue weighted by atomic mass is 32.2. The van der Waals surface area contributed by atoms with Crippen LogP contribution in [0.5, 0.6) is 0 Å². The van der Waals surface area contributed by atoms with E-state index in [0.717, 1.165) is 30.5 Å². The van der Waals surface area contributed by atoms with Gasteiger partial charge < -0.3 is 5.32 Å². The van der Waals surface area contributed by atoms with Gasteiger partial charge in [0.1, 0.15) is 0 Å². The van der Waals surface area contributed by atoms with Crippen molar-refractivity contribution in [3.8, 4) is 0 Å². The molecule has 3 rings (SSSR count). The quantitative estimate of drug-likeness (QED) is 0.639. The smallest absolute Gasteiger partial charge is 0.243 e. The number of nitrogens with zero attached hydrogens (tertiary/aromatic N) is 1. The lowest BCUT2D eigenvalue weighted by Gasteiger charge is -2.26. The molecule has 164 valence electrons. The molecule has 0 aromatic heterocycles. The van der Waals surface area contributed by atoms with E-state index in [9.17, 15) is 16.8 Å². The number of hydrogen-bond acceptors (Lipinski definition) is 5. The number of piperidine rings is 1. The molecule has 0 bridgehead atoms. The summed E-state index contributed by atoms with van der Waals surface area (Å²) in [4.78, 5) is 0.299. The molecule has 0 amide bonds. The van der Waals surface area contributed by atoms with Crippen molar-refractivity contribution in [3.63, 3.8) is 0 Å². The maximum absolute atomic E-state index is 12.9. The third-order valence-corrected chi connectivity index (χ3v) is 8.77. The number of hydrogen-bond donors (Lipinski definition) is 2. The number of anilines is 2. The first-order valence-corrected chi connectivity index (χ1v) is 13.1. The van der Waals surface area contributed by atoms with Gasteiger partial charge in [-0.25, -0.2) is 16.8 Å². The van der Waals surface area contributed by atoms with Crippen LogP contribution in [0.4, 0.5) is 11.4 Å². The normalized spacial score (nSPS) is 15.8. The highest BCUT2D eigenvalue weighted by Crippen LogP contribution is 2.23. The van der Waals surface area contributed by atoms with Gasteiger partial charge in [-0.2, -0.15) is 4.31 Å². The molecule has 0 atom stereocenters. The Labute approximate surface area is 179 Å². The van der Waals surface area contributed by atoms with Crippen molar-refractivity contribution in [1.29, 1.82) is 0 Å². The summed E-state index contributed by atoms with van der Waals surface area (Å²) in [5.41, 5.74) is 2.19. The summed E-state index contributed by atoms with van der Waals surface area (Å²) in [5.74, 6) is 0. The Morgan fingerprint density at radius 2 is 1.57 bits per heavy atom. The maximum atomic E-state index is 12.9.